The molecular formula is C24H16N2O3S. The minimum Gasteiger partial charge on any atom is -0.507 e. The molecule has 5 aromatic rings. The number of rotatable bonds is 3. The Bertz CT molecular complexity index is 1420. The minimum atomic E-state index is -0.338. The quantitative estimate of drug-likeness (QED) is 0.370. The summed E-state index contributed by atoms with van der Waals surface area (Å²) in [7, 11) is 0. The normalized spacial score (nSPS) is 11.1. The van der Waals surface area contributed by atoms with E-state index in [-0.39, 0.29) is 22.6 Å². The maximum atomic E-state index is 12.6. The molecule has 0 aliphatic carbocycles. The second-order valence-electron chi connectivity index (χ2n) is 6.86. The van der Waals surface area contributed by atoms with E-state index in [9.17, 15) is 15.0 Å². The standard InChI is InChI=1S/C24H16N2O3S/c27-19-4-2-1-3-17(19)14-5-7-15(8-6-14)18-13-30-24-21(18)22(28)20(23(29)26-24)16-9-11-25-12-10-16/h1-13,27H,(H2,26,28,29). The second kappa shape index (κ2) is 7.17. The lowest BCUT2D eigenvalue weighted by Crippen LogP contribution is -2.08. The number of H-pyrrole nitrogens is 1. The van der Waals surface area contributed by atoms with Crippen LogP contribution in [-0.4, -0.2) is 20.2 Å². The fraction of sp³-hybridized carbons (Fsp3) is 0. The van der Waals surface area contributed by atoms with E-state index in [1.807, 2.05) is 41.8 Å². The van der Waals surface area contributed by atoms with Crippen LogP contribution < -0.4 is 5.56 Å². The predicted molar refractivity (Wildman–Crippen MR) is 120 cm³/mol. The molecule has 0 saturated heterocycles. The van der Waals surface area contributed by atoms with Gasteiger partial charge in [0.2, 0.25) is 0 Å². The van der Waals surface area contributed by atoms with Crippen molar-refractivity contribution in [2.75, 3.05) is 0 Å². The predicted octanol–water partition coefficient (Wildman–Crippen LogP) is 5.40. The van der Waals surface area contributed by atoms with E-state index in [0.29, 0.717) is 15.8 Å². The van der Waals surface area contributed by atoms with Gasteiger partial charge in [0.15, 0.2) is 0 Å². The monoisotopic (exact) mass is 412 g/mol. The van der Waals surface area contributed by atoms with Crippen LogP contribution in [-0.2, 0) is 0 Å². The van der Waals surface area contributed by atoms with E-state index in [4.69, 9.17) is 0 Å². The van der Waals surface area contributed by atoms with Gasteiger partial charge in [0, 0.05) is 28.9 Å². The van der Waals surface area contributed by atoms with Crippen LogP contribution >= 0.6 is 11.3 Å². The van der Waals surface area contributed by atoms with E-state index in [1.165, 1.54) is 11.3 Å². The molecule has 5 rings (SSSR count). The van der Waals surface area contributed by atoms with Crippen LogP contribution in [0.15, 0.2) is 83.2 Å². The Morgan fingerprint density at radius 1 is 0.800 bits per heavy atom. The van der Waals surface area contributed by atoms with E-state index in [1.54, 1.807) is 36.7 Å². The second-order valence-corrected chi connectivity index (χ2v) is 7.74. The number of fused-ring (bicyclic) bond motifs is 1. The van der Waals surface area contributed by atoms with Crippen LogP contribution in [0.3, 0.4) is 0 Å². The number of hydrogen-bond acceptors (Lipinski definition) is 5. The van der Waals surface area contributed by atoms with E-state index in [0.717, 1.165) is 22.3 Å². The zero-order valence-electron chi connectivity index (χ0n) is 15.7. The molecule has 3 N–H and O–H groups in total. The van der Waals surface area contributed by atoms with Crippen molar-refractivity contribution in [1.82, 2.24) is 9.97 Å². The number of pyridine rings is 2. The number of nitrogens with zero attached hydrogens (tertiary/aromatic N) is 1. The summed E-state index contributed by atoms with van der Waals surface area (Å²) in [5.41, 5.74) is 3.90. The number of aromatic hydroxyl groups is 2. The fourth-order valence-electron chi connectivity index (χ4n) is 3.63. The largest absolute Gasteiger partial charge is 0.507 e. The highest BCUT2D eigenvalue weighted by Gasteiger charge is 2.19. The number of nitrogens with one attached hydrogen (secondary N) is 1. The summed E-state index contributed by atoms with van der Waals surface area (Å²) in [5, 5.41) is 23.6. The first-order valence-electron chi connectivity index (χ1n) is 9.29. The van der Waals surface area contributed by atoms with Gasteiger partial charge in [0.1, 0.15) is 16.3 Å². The van der Waals surface area contributed by atoms with Crippen molar-refractivity contribution < 1.29 is 10.2 Å². The SMILES string of the molecule is O=c1[nH]c2scc(-c3ccc(-c4ccccc4O)cc3)c2c(O)c1-c1ccncc1. The number of aromatic amines is 1. The van der Waals surface area contributed by atoms with Gasteiger partial charge < -0.3 is 15.2 Å². The Morgan fingerprint density at radius 3 is 2.17 bits per heavy atom. The molecule has 0 spiro atoms. The van der Waals surface area contributed by atoms with Gasteiger partial charge >= 0.3 is 0 Å². The average molecular weight is 412 g/mol. The molecule has 5 nitrogen and oxygen atoms in total. The van der Waals surface area contributed by atoms with E-state index < -0.39 is 0 Å². The summed E-state index contributed by atoms with van der Waals surface area (Å²) in [6.45, 7) is 0. The molecule has 0 aliphatic rings. The molecular weight excluding hydrogens is 396 g/mol. The Balaban J connectivity index is 1.65. The zero-order chi connectivity index (χ0) is 20.7. The molecule has 0 saturated carbocycles. The number of phenols is 1. The summed E-state index contributed by atoms with van der Waals surface area (Å²) < 4.78 is 0. The van der Waals surface area contributed by atoms with E-state index in [2.05, 4.69) is 9.97 Å². The fourth-order valence-corrected chi connectivity index (χ4v) is 4.59. The van der Waals surface area contributed by atoms with Crippen molar-refractivity contribution >= 4 is 21.6 Å². The van der Waals surface area contributed by atoms with Crippen molar-refractivity contribution in [3.05, 3.63) is 88.8 Å². The van der Waals surface area contributed by atoms with Gasteiger partial charge in [-0.05, 0) is 34.9 Å². The maximum Gasteiger partial charge on any atom is 0.260 e. The highest BCUT2D eigenvalue weighted by atomic mass is 32.1. The van der Waals surface area contributed by atoms with Crippen LogP contribution in [0.5, 0.6) is 11.5 Å². The van der Waals surface area contributed by atoms with Crippen molar-refractivity contribution in [3.8, 4) is 44.9 Å². The lowest BCUT2D eigenvalue weighted by molar-refractivity contribution is 0.477. The molecule has 146 valence electrons. The number of thiophene rings is 1. The molecule has 0 radical (unpaired) electrons. The first-order valence-corrected chi connectivity index (χ1v) is 10.2. The third kappa shape index (κ3) is 2.94. The number of aromatic nitrogens is 2. The minimum absolute atomic E-state index is 0.0408. The van der Waals surface area contributed by atoms with Crippen LogP contribution in [0.1, 0.15) is 0 Å². The molecule has 3 aromatic heterocycles. The third-order valence-corrected chi connectivity index (χ3v) is 5.99. The summed E-state index contributed by atoms with van der Waals surface area (Å²) in [5.74, 6) is 0.185. The van der Waals surface area contributed by atoms with Gasteiger partial charge in [-0.25, -0.2) is 0 Å². The number of hydrogen-bond donors (Lipinski definition) is 3. The molecule has 0 aliphatic heterocycles. The lowest BCUT2D eigenvalue weighted by atomic mass is 9.98. The maximum absolute atomic E-state index is 12.6. The number of benzene rings is 2. The van der Waals surface area contributed by atoms with Crippen molar-refractivity contribution in [1.29, 1.82) is 0 Å². The average Bonchev–Trinajstić information content (AvgIpc) is 3.19. The summed E-state index contributed by atoms with van der Waals surface area (Å²) in [6, 6.07) is 18.3. The molecule has 0 atom stereocenters. The topological polar surface area (TPSA) is 86.2 Å². The van der Waals surface area contributed by atoms with Gasteiger partial charge in [0.25, 0.3) is 5.56 Å². The molecule has 0 amide bonds. The van der Waals surface area contributed by atoms with Gasteiger partial charge in [-0.2, -0.15) is 0 Å². The summed E-state index contributed by atoms with van der Waals surface area (Å²) in [6.07, 6.45) is 3.18. The number of phenolic OH excluding ortho intramolecular Hbond substituents is 1. The molecule has 30 heavy (non-hydrogen) atoms. The van der Waals surface area contributed by atoms with E-state index >= 15 is 0 Å². The van der Waals surface area contributed by atoms with Crippen molar-refractivity contribution in [2.45, 2.75) is 0 Å². The van der Waals surface area contributed by atoms with Gasteiger partial charge in [0.05, 0.1) is 10.9 Å². The summed E-state index contributed by atoms with van der Waals surface area (Å²) >= 11 is 1.38. The Morgan fingerprint density at radius 2 is 1.47 bits per heavy atom. The molecule has 2 aromatic carbocycles. The van der Waals surface area contributed by atoms with Crippen LogP contribution in [0.4, 0.5) is 0 Å². The van der Waals surface area contributed by atoms with Gasteiger partial charge in [-0.3, -0.25) is 9.78 Å². The molecule has 0 bridgehead atoms. The van der Waals surface area contributed by atoms with Crippen molar-refractivity contribution in [3.63, 3.8) is 0 Å². The molecule has 3 heterocycles. The Labute approximate surface area is 175 Å². The Hall–Kier alpha value is -3.90. The van der Waals surface area contributed by atoms with Crippen LogP contribution in [0.2, 0.25) is 0 Å². The van der Waals surface area contributed by atoms with Crippen LogP contribution in [0.25, 0.3) is 43.6 Å². The third-order valence-electron chi connectivity index (χ3n) is 5.10. The highest BCUT2D eigenvalue weighted by molar-refractivity contribution is 7.17. The smallest absolute Gasteiger partial charge is 0.260 e. The lowest BCUT2D eigenvalue weighted by Gasteiger charge is -2.08. The van der Waals surface area contributed by atoms with Gasteiger partial charge in [-0.15, -0.1) is 11.3 Å². The molecule has 6 heteroatoms. The molecule has 0 unspecified atom stereocenters. The van der Waals surface area contributed by atoms with Crippen molar-refractivity contribution in [2.24, 2.45) is 0 Å². The molecule has 0 fully saturated rings. The first-order chi connectivity index (χ1) is 14.6. The van der Waals surface area contributed by atoms with Crippen LogP contribution in [0, 0.1) is 0 Å². The first kappa shape index (κ1) is 18.1. The van der Waals surface area contributed by atoms with Gasteiger partial charge in [-0.1, -0.05) is 42.5 Å². The summed E-state index contributed by atoms with van der Waals surface area (Å²) in [4.78, 5) is 20.1. The zero-order valence-corrected chi connectivity index (χ0v) is 16.5. The number of para-hydroxylation sites is 1. The highest BCUT2D eigenvalue weighted by Crippen LogP contribution is 2.42. The Kier molecular flexibility index (Phi) is 4.34.